The molecule has 0 radical (unpaired) electrons. The largest absolute Gasteiger partial charge is 0.326 e. The molecule has 96 valence electrons. The first kappa shape index (κ1) is 13.2. The molecule has 0 saturated carbocycles. The van der Waals surface area contributed by atoms with Crippen molar-refractivity contribution < 1.29 is 0 Å². The molecule has 0 atom stereocenters. The van der Waals surface area contributed by atoms with Gasteiger partial charge in [0.25, 0.3) is 0 Å². The van der Waals surface area contributed by atoms with Crippen molar-refractivity contribution >= 4 is 11.3 Å². The predicted octanol–water partition coefficient (Wildman–Crippen LogP) is 2.62. The summed E-state index contributed by atoms with van der Waals surface area (Å²) in [6.07, 6.45) is 3.70. The van der Waals surface area contributed by atoms with Crippen LogP contribution in [0.2, 0.25) is 0 Å². The summed E-state index contributed by atoms with van der Waals surface area (Å²) in [6, 6.07) is 8.45. The van der Waals surface area contributed by atoms with Crippen molar-refractivity contribution in [1.29, 1.82) is 0 Å². The number of aromatic nitrogens is 1. The summed E-state index contributed by atoms with van der Waals surface area (Å²) in [6.45, 7) is 5.83. The van der Waals surface area contributed by atoms with Crippen LogP contribution in [-0.2, 0) is 19.6 Å². The highest BCUT2D eigenvalue weighted by atomic mass is 32.1. The molecule has 0 saturated heterocycles. The van der Waals surface area contributed by atoms with Gasteiger partial charge >= 0.3 is 0 Å². The minimum absolute atomic E-state index is 0.640. The fourth-order valence-corrected chi connectivity index (χ4v) is 2.80. The van der Waals surface area contributed by atoms with Crippen LogP contribution in [0.5, 0.6) is 0 Å². The molecule has 0 bridgehead atoms. The molecular formula is C14H19N3S. The Balaban J connectivity index is 1.97. The molecule has 2 aromatic heterocycles. The second kappa shape index (κ2) is 6.64. The summed E-state index contributed by atoms with van der Waals surface area (Å²) in [5, 5.41) is 0. The van der Waals surface area contributed by atoms with Gasteiger partial charge in [0.15, 0.2) is 0 Å². The van der Waals surface area contributed by atoms with Crippen LogP contribution in [0.25, 0.3) is 0 Å². The van der Waals surface area contributed by atoms with Crippen LogP contribution in [0.1, 0.15) is 22.2 Å². The molecule has 2 rings (SSSR count). The Morgan fingerprint density at radius 2 is 1.83 bits per heavy atom. The van der Waals surface area contributed by atoms with Gasteiger partial charge in [-0.25, -0.2) is 0 Å². The third kappa shape index (κ3) is 3.63. The topological polar surface area (TPSA) is 42.2 Å². The highest BCUT2D eigenvalue weighted by Gasteiger charge is 2.06. The molecule has 3 nitrogen and oxygen atoms in total. The van der Waals surface area contributed by atoms with E-state index in [0.29, 0.717) is 6.54 Å². The molecular weight excluding hydrogens is 242 g/mol. The van der Waals surface area contributed by atoms with Crippen LogP contribution in [0.3, 0.4) is 0 Å². The third-order valence-electron chi connectivity index (χ3n) is 2.90. The van der Waals surface area contributed by atoms with Gasteiger partial charge in [-0.2, -0.15) is 0 Å². The second-order valence-corrected chi connectivity index (χ2v) is 5.48. The Kier molecular flexibility index (Phi) is 4.87. The first-order chi connectivity index (χ1) is 8.81. The lowest BCUT2D eigenvalue weighted by atomic mass is 10.2. The number of thiophene rings is 1. The maximum Gasteiger partial charge on any atom is 0.0331 e. The lowest BCUT2D eigenvalue weighted by molar-refractivity contribution is 0.274. The zero-order chi connectivity index (χ0) is 12.8. The van der Waals surface area contributed by atoms with Crippen molar-refractivity contribution in [3.63, 3.8) is 0 Å². The third-order valence-corrected chi connectivity index (χ3v) is 3.99. The van der Waals surface area contributed by atoms with E-state index in [1.54, 1.807) is 0 Å². The first-order valence-electron chi connectivity index (χ1n) is 6.20. The molecule has 0 aliphatic rings. The van der Waals surface area contributed by atoms with E-state index >= 15 is 0 Å². The zero-order valence-electron chi connectivity index (χ0n) is 10.7. The molecule has 0 unspecified atom stereocenters. The van der Waals surface area contributed by atoms with Crippen LogP contribution in [0, 0.1) is 0 Å². The van der Waals surface area contributed by atoms with Crippen molar-refractivity contribution in [3.8, 4) is 0 Å². The lowest BCUT2D eigenvalue weighted by Gasteiger charge is -2.19. The Morgan fingerprint density at radius 3 is 2.44 bits per heavy atom. The SMILES string of the molecule is CCN(Cc1ccncc1)Cc1ccc(CN)s1. The van der Waals surface area contributed by atoms with Crippen LogP contribution >= 0.6 is 11.3 Å². The van der Waals surface area contributed by atoms with Gasteiger partial charge in [0, 0.05) is 41.8 Å². The number of nitrogens with zero attached hydrogens (tertiary/aromatic N) is 2. The number of nitrogens with two attached hydrogens (primary N) is 1. The maximum atomic E-state index is 5.64. The summed E-state index contributed by atoms with van der Waals surface area (Å²) in [4.78, 5) is 9.10. The minimum atomic E-state index is 0.640. The standard InChI is InChI=1S/C14H19N3S/c1-2-17(10-12-5-7-16-8-6-12)11-14-4-3-13(9-15)18-14/h3-8H,2,9-11,15H2,1H3. The monoisotopic (exact) mass is 261 g/mol. The number of hydrogen-bond donors (Lipinski definition) is 1. The normalized spacial score (nSPS) is 11.1. The Labute approximate surface area is 112 Å². The Bertz CT molecular complexity index is 467. The van der Waals surface area contributed by atoms with Crippen molar-refractivity contribution in [3.05, 3.63) is 52.0 Å². The van der Waals surface area contributed by atoms with Crippen molar-refractivity contribution in [2.24, 2.45) is 5.73 Å². The quantitative estimate of drug-likeness (QED) is 0.869. The summed E-state index contributed by atoms with van der Waals surface area (Å²) in [7, 11) is 0. The van der Waals surface area contributed by atoms with Crippen LogP contribution < -0.4 is 5.73 Å². The number of hydrogen-bond acceptors (Lipinski definition) is 4. The average molecular weight is 261 g/mol. The van der Waals surface area contributed by atoms with Gasteiger partial charge in [-0.15, -0.1) is 11.3 Å². The molecule has 18 heavy (non-hydrogen) atoms. The highest BCUT2D eigenvalue weighted by molar-refractivity contribution is 7.11. The van der Waals surface area contributed by atoms with E-state index in [1.165, 1.54) is 15.3 Å². The molecule has 0 aliphatic carbocycles. The van der Waals surface area contributed by atoms with Crippen LogP contribution in [-0.4, -0.2) is 16.4 Å². The lowest BCUT2D eigenvalue weighted by Crippen LogP contribution is -2.21. The van der Waals surface area contributed by atoms with E-state index in [4.69, 9.17) is 5.73 Å². The van der Waals surface area contributed by atoms with Crippen molar-refractivity contribution in [2.45, 2.75) is 26.6 Å². The van der Waals surface area contributed by atoms with Gasteiger partial charge in [-0.1, -0.05) is 6.92 Å². The highest BCUT2D eigenvalue weighted by Crippen LogP contribution is 2.18. The molecule has 0 amide bonds. The number of pyridine rings is 1. The van der Waals surface area contributed by atoms with E-state index in [1.807, 2.05) is 23.7 Å². The first-order valence-corrected chi connectivity index (χ1v) is 7.02. The molecule has 2 heterocycles. The fraction of sp³-hybridized carbons (Fsp3) is 0.357. The van der Waals surface area contributed by atoms with Gasteiger partial charge in [0.2, 0.25) is 0 Å². The maximum absolute atomic E-state index is 5.64. The predicted molar refractivity (Wildman–Crippen MR) is 76.2 cm³/mol. The summed E-state index contributed by atoms with van der Waals surface area (Å²) < 4.78 is 0. The summed E-state index contributed by atoms with van der Waals surface area (Å²) in [5.41, 5.74) is 6.95. The smallest absolute Gasteiger partial charge is 0.0331 e. The molecule has 0 aliphatic heterocycles. The van der Waals surface area contributed by atoms with E-state index in [9.17, 15) is 0 Å². The van der Waals surface area contributed by atoms with Crippen LogP contribution in [0.15, 0.2) is 36.7 Å². The zero-order valence-corrected chi connectivity index (χ0v) is 11.5. The van der Waals surface area contributed by atoms with Gasteiger partial charge in [-0.3, -0.25) is 9.88 Å². The van der Waals surface area contributed by atoms with Crippen LogP contribution in [0.4, 0.5) is 0 Å². The van der Waals surface area contributed by atoms with Gasteiger partial charge < -0.3 is 5.73 Å². The molecule has 0 aromatic carbocycles. The summed E-state index contributed by atoms with van der Waals surface area (Å²) in [5.74, 6) is 0. The minimum Gasteiger partial charge on any atom is -0.326 e. The van der Waals surface area contributed by atoms with E-state index in [-0.39, 0.29) is 0 Å². The average Bonchev–Trinajstić information content (AvgIpc) is 2.87. The fourth-order valence-electron chi connectivity index (χ4n) is 1.86. The van der Waals surface area contributed by atoms with Gasteiger partial charge in [0.05, 0.1) is 0 Å². The van der Waals surface area contributed by atoms with E-state index < -0.39 is 0 Å². The number of rotatable bonds is 6. The van der Waals surface area contributed by atoms with Gasteiger partial charge in [0.1, 0.15) is 0 Å². The second-order valence-electron chi connectivity index (χ2n) is 4.23. The molecule has 2 aromatic rings. The molecule has 0 spiro atoms. The van der Waals surface area contributed by atoms with Crippen molar-refractivity contribution in [2.75, 3.05) is 6.54 Å². The van der Waals surface area contributed by atoms with Gasteiger partial charge in [-0.05, 0) is 36.4 Å². The van der Waals surface area contributed by atoms with E-state index in [2.05, 4.69) is 41.1 Å². The molecule has 0 fully saturated rings. The summed E-state index contributed by atoms with van der Waals surface area (Å²) >= 11 is 1.81. The Hall–Kier alpha value is -1.23. The molecule has 2 N–H and O–H groups in total. The van der Waals surface area contributed by atoms with E-state index in [0.717, 1.165) is 19.6 Å². The Morgan fingerprint density at radius 1 is 1.11 bits per heavy atom. The molecule has 4 heteroatoms. The van der Waals surface area contributed by atoms with Crippen molar-refractivity contribution in [1.82, 2.24) is 9.88 Å².